The van der Waals surface area contributed by atoms with E-state index in [1.807, 2.05) is 55.5 Å². The summed E-state index contributed by atoms with van der Waals surface area (Å²) >= 11 is 0. The molecule has 3 nitrogen and oxygen atoms in total. The van der Waals surface area contributed by atoms with Gasteiger partial charge in [-0.05, 0) is 43.5 Å². The average molecular weight is 297 g/mol. The molecule has 2 aromatic rings. The molecule has 2 rings (SSSR count). The fourth-order valence-electron chi connectivity index (χ4n) is 2.19. The first kappa shape index (κ1) is 16.1. The molecule has 0 saturated carbocycles. The van der Waals surface area contributed by atoms with Crippen molar-refractivity contribution in [2.45, 2.75) is 39.7 Å². The second-order valence-corrected chi connectivity index (χ2v) is 5.81. The average Bonchev–Trinajstić information content (AvgIpc) is 2.49. The summed E-state index contributed by atoms with van der Waals surface area (Å²) in [6, 6.07) is 15.6. The summed E-state index contributed by atoms with van der Waals surface area (Å²) in [5.41, 5.74) is 3.05. The van der Waals surface area contributed by atoms with Crippen LogP contribution in [0.25, 0.3) is 0 Å². The summed E-state index contributed by atoms with van der Waals surface area (Å²) in [7, 11) is 0. The van der Waals surface area contributed by atoms with Crippen LogP contribution in [-0.4, -0.2) is 12.0 Å². The predicted octanol–water partition coefficient (Wildman–Crippen LogP) is 4.52. The van der Waals surface area contributed by atoms with Crippen molar-refractivity contribution in [3.05, 3.63) is 59.7 Å². The van der Waals surface area contributed by atoms with Crippen LogP contribution < -0.4 is 10.1 Å². The van der Waals surface area contributed by atoms with Crippen molar-refractivity contribution < 1.29 is 9.53 Å². The van der Waals surface area contributed by atoms with Crippen LogP contribution in [0.2, 0.25) is 0 Å². The Balaban J connectivity index is 2.04. The van der Waals surface area contributed by atoms with E-state index in [0.29, 0.717) is 5.92 Å². The molecule has 1 atom stereocenters. The molecule has 0 aliphatic carbocycles. The van der Waals surface area contributed by atoms with Crippen LogP contribution in [0.1, 0.15) is 37.8 Å². The van der Waals surface area contributed by atoms with Crippen LogP contribution in [0.15, 0.2) is 48.5 Å². The summed E-state index contributed by atoms with van der Waals surface area (Å²) in [5.74, 6) is 0.968. The molecular formula is C19H23NO2. The molecule has 0 spiro atoms. The third-order valence-corrected chi connectivity index (χ3v) is 3.53. The zero-order valence-corrected chi connectivity index (χ0v) is 13.6. The number of carbonyl (C=O) groups excluding carboxylic acids is 1. The van der Waals surface area contributed by atoms with Gasteiger partial charge in [0.05, 0.1) is 0 Å². The van der Waals surface area contributed by atoms with Gasteiger partial charge in [0.1, 0.15) is 5.75 Å². The van der Waals surface area contributed by atoms with E-state index in [9.17, 15) is 4.79 Å². The molecule has 0 aliphatic heterocycles. The second kappa shape index (κ2) is 7.12. The molecular weight excluding hydrogens is 274 g/mol. The SMILES string of the molecule is Cc1ccc(NC(=O)[C@@H](C)Oc2ccccc2C(C)C)cc1. The van der Waals surface area contributed by atoms with Crippen LogP contribution >= 0.6 is 0 Å². The van der Waals surface area contributed by atoms with Crippen molar-refractivity contribution in [2.24, 2.45) is 0 Å². The minimum atomic E-state index is -0.554. The zero-order chi connectivity index (χ0) is 16.1. The van der Waals surface area contributed by atoms with E-state index in [0.717, 1.165) is 22.6 Å². The molecule has 0 aliphatic rings. The number of anilines is 1. The number of para-hydroxylation sites is 1. The molecule has 0 radical (unpaired) electrons. The largest absolute Gasteiger partial charge is 0.481 e. The van der Waals surface area contributed by atoms with Gasteiger partial charge >= 0.3 is 0 Å². The number of benzene rings is 2. The maximum absolute atomic E-state index is 12.2. The Hall–Kier alpha value is -2.29. The topological polar surface area (TPSA) is 38.3 Å². The monoisotopic (exact) mass is 297 g/mol. The van der Waals surface area contributed by atoms with Crippen molar-refractivity contribution in [3.8, 4) is 5.75 Å². The Morgan fingerprint density at radius 2 is 1.64 bits per heavy atom. The third-order valence-electron chi connectivity index (χ3n) is 3.53. The highest BCUT2D eigenvalue weighted by molar-refractivity contribution is 5.94. The highest BCUT2D eigenvalue weighted by Crippen LogP contribution is 2.26. The standard InChI is InChI=1S/C19H23NO2/c1-13(2)17-7-5-6-8-18(17)22-15(4)19(21)20-16-11-9-14(3)10-12-16/h5-13,15H,1-4H3,(H,20,21)/t15-/m1/s1. The van der Waals surface area contributed by atoms with Crippen molar-refractivity contribution in [3.63, 3.8) is 0 Å². The number of rotatable bonds is 5. The van der Waals surface area contributed by atoms with Gasteiger partial charge in [0.15, 0.2) is 6.10 Å². The lowest BCUT2D eigenvalue weighted by molar-refractivity contribution is -0.122. The Morgan fingerprint density at radius 3 is 2.27 bits per heavy atom. The summed E-state index contributed by atoms with van der Waals surface area (Å²) in [6.45, 7) is 8.00. The van der Waals surface area contributed by atoms with E-state index in [1.54, 1.807) is 6.92 Å². The van der Waals surface area contributed by atoms with Crippen molar-refractivity contribution in [2.75, 3.05) is 5.32 Å². The molecule has 0 saturated heterocycles. The number of amides is 1. The van der Waals surface area contributed by atoms with E-state index in [1.165, 1.54) is 0 Å². The number of aryl methyl sites for hydroxylation is 1. The fraction of sp³-hybridized carbons (Fsp3) is 0.316. The number of nitrogens with one attached hydrogen (secondary N) is 1. The number of carbonyl (C=O) groups is 1. The van der Waals surface area contributed by atoms with Gasteiger partial charge in [0.2, 0.25) is 0 Å². The van der Waals surface area contributed by atoms with Crippen LogP contribution in [0.3, 0.4) is 0 Å². The molecule has 0 bridgehead atoms. The number of ether oxygens (including phenoxy) is 1. The minimum absolute atomic E-state index is 0.151. The van der Waals surface area contributed by atoms with Gasteiger partial charge in [-0.25, -0.2) is 0 Å². The number of hydrogen-bond donors (Lipinski definition) is 1. The maximum Gasteiger partial charge on any atom is 0.265 e. The van der Waals surface area contributed by atoms with Gasteiger partial charge in [-0.3, -0.25) is 4.79 Å². The van der Waals surface area contributed by atoms with Crippen molar-refractivity contribution >= 4 is 11.6 Å². The van der Waals surface area contributed by atoms with E-state index in [-0.39, 0.29) is 5.91 Å². The second-order valence-electron chi connectivity index (χ2n) is 5.81. The maximum atomic E-state index is 12.2. The highest BCUT2D eigenvalue weighted by Gasteiger charge is 2.17. The van der Waals surface area contributed by atoms with Gasteiger partial charge in [0, 0.05) is 5.69 Å². The molecule has 0 fully saturated rings. The summed E-state index contributed by atoms with van der Waals surface area (Å²) in [6.07, 6.45) is -0.554. The van der Waals surface area contributed by atoms with E-state index in [4.69, 9.17) is 4.74 Å². The van der Waals surface area contributed by atoms with E-state index < -0.39 is 6.10 Å². The molecule has 0 aromatic heterocycles. The van der Waals surface area contributed by atoms with E-state index >= 15 is 0 Å². The molecule has 0 heterocycles. The van der Waals surface area contributed by atoms with Gasteiger partial charge in [-0.2, -0.15) is 0 Å². The molecule has 1 N–H and O–H groups in total. The fourth-order valence-corrected chi connectivity index (χ4v) is 2.19. The van der Waals surface area contributed by atoms with Gasteiger partial charge < -0.3 is 10.1 Å². The summed E-state index contributed by atoms with van der Waals surface area (Å²) < 4.78 is 5.85. The third kappa shape index (κ3) is 4.10. The van der Waals surface area contributed by atoms with Crippen LogP contribution in [-0.2, 0) is 4.79 Å². The van der Waals surface area contributed by atoms with Gasteiger partial charge in [-0.1, -0.05) is 49.7 Å². The Morgan fingerprint density at radius 1 is 1.00 bits per heavy atom. The lowest BCUT2D eigenvalue weighted by atomic mass is 10.0. The lowest BCUT2D eigenvalue weighted by Crippen LogP contribution is -2.30. The summed E-state index contributed by atoms with van der Waals surface area (Å²) in [4.78, 5) is 12.2. The molecule has 22 heavy (non-hydrogen) atoms. The molecule has 116 valence electrons. The first-order valence-electron chi connectivity index (χ1n) is 7.60. The van der Waals surface area contributed by atoms with E-state index in [2.05, 4.69) is 19.2 Å². The Labute approximate surface area is 132 Å². The van der Waals surface area contributed by atoms with Crippen LogP contribution in [0.5, 0.6) is 5.75 Å². The normalized spacial score (nSPS) is 12.0. The first-order valence-corrected chi connectivity index (χ1v) is 7.60. The Bertz CT molecular complexity index is 632. The van der Waals surface area contributed by atoms with Crippen LogP contribution in [0.4, 0.5) is 5.69 Å². The van der Waals surface area contributed by atoms with Crippen molar-refractivity contribution in [1.29, 1.82) is 0 Å². The quantitative estimate of drug-likeness (QED) is 0.881. The zero-order valence-electron chi connectivity index (χ0n) is 13.6. The first-order chi connectivity index (χ1) is 10.5. The van der Waals surface area contributed by atoms with Gasteiger partial charge in [-0.15, -0.1) is 0 Å². The summed E-state index contributed by atoms with van der Waals surface area (Å²) in [5, 5.41) is 2.87. The lowest BCUT2D eigenvalue weighted by Gasteiger charge is -2.18. The van der Waals surface area contributed by atoms with Gasteiger partial charge in [0.25, 0.3) is 5.91 Å². The van der Waals surface area contributed by atoms with Crippen molar-refractivity contribution in [1.82, 2.24) is 0 Å². The van der Waals surface area contributed by atoms with Crippen LogP contribution in [0, 0.1) is 6.92 Å². The highest BCUT2D eigenvalue weighted by atomic mass is 16.5. The molecule has 1 amide bonds. The molecule has 3 heteroatoms. The smallest absolute Gasteiger partial charge is 0.265 e. The molecule has 2 aromatic carbocycles. The molecule has 0 unspecified atom stereocenters. The minimum Gasteiger partial charge on any atom is -0.481 e. The number of hydrogen-bond acceptors (Lipinski definition) is 2. The predicted molar refractivity (Wildman–Crippen MR) is 90.4 cm³/mol. The Kier molecular flexibility index (Phi) is 5.21.